The molecule has 0 atom stereocenters. The number of fused-ring (bicyclic) bond motifs is 1. The van der Waals surface area contributed by atoms with E-state index in [1.807, 2.05) is 0 Å². The van der Waals surface area contributed by atoms with E-state index in [0.717, 1.165) is 19.5 Å². The van der Waals surface area contributed by atoms with Crippen LogP contribution >= 0.6 is 0 Å². The molecule has 0 amide bonds. The lowest BCUT2D eigenvalue weighted by Gasteiger charge is -2.29. The molecule has 150 valence electrons. The number of methoxy groups -OCH3 is 1. The van der Waals surface area contributed by atoms with Crippen molar-refractivity contribution in [2.45, 2.75) is 25.8 Å². The van der Waals surface area contributed by atoms with Gasteiger partial charge in [-0.05, 0) is 48.9 Å². The second-order valence-corrected chi connectivity index (χ2v) is 7.80. The van der Waals surface area contributed by atoms with Crippen LogP contribution in [0.15, 0.2) is 53.3 Å². The van der Waals surface area contributed by atoms with E-state index in [0.29, 0.717) is 34.8 Å². The van der Waals surface area contributed by atoms with Crippen molar-refractivity contribution < 1.29 is 14.4 Å². The number of esters is 1. The predicted molar refractivity (Wildman–Crippen MR) is 111 cm³/mol. The highest BCUT2D eigenvalue weighted by Crippen LogP contribution is 2.17. The summed E-state index contributed by atoms with van der Waals surface area (Å²) in [6.07, 6.45) is 3.48. The van der Waals surface area contributed by atoms with Gasteiger partial charge in [0.15, 0.2) is 5.82 Å². The average Bonchev–Trinajstić information content (AvgIpc) is 2.75. The third kappa shape index (κ3) is 4.54. The van der Waals surface area contributed by atoms with Crippen LogP contribution in [0.3, 0.4) is 0 Å². The Labute approximate surface area is 169 Å². The van der Waals surface area contributed by atoms with Gasteiger partial charge < -0.3 is 14.6 Å². The minimum atomic E-state index is -0.429. The number of ether oxygens (including phenoxy) is 1. The Kier molecular flexibility index (Phi) is 5.71. The molecule has 6 heteroatoms. The number of rotatable bonds is 5. The van der Waals surface area contributed by atoms with Crippen molar-refractivity contribution in [3.8, 4) is 0 Å². The maximum absolute atomic E-state index is 12.4. The average molecular weight is 392 g/mol. The summed E-state index contributed by atoms with van der Waals surface area (Å²) in [5.41, 5.74) is 2.17. The molecule has 0 unspecified atom stereocenters. The maximum Gasteiger partial charge on any atom is 0.337 e. The van der Waals surface area contributed by atoms with E-state index < -0.39 is 5.97 Å². The summed E-state index contributed by atoms with van der Waals surface area (Å²) in [4.78, 5) is 33.1. The van der Waals surface area contributed by atoms with Crippen LogP contribution in [0.25, 0.3) is 10.9 Å². The lowest BCUT2D eigenvalue weighted by atomic mass is 9.90. The van der Waals surface area contributed by atoms with Crippen LogP contribution in [0.2, 0.25) is 0 Å². The van der Waals surface area contributed by atoms with E-state index in [1.54, 1.807) is 18.2 Å². The molecule has 0 bridgehead atoms. The molecule has 0 saturated carbocycles. The fourth-order valence-electron chi connectivity index (χ4n) is 4.17. The number of hydrogen-bond donors (Lipinski definition) is 2. The maximum atomic E-state index is 12.4. The fraction of sp³-hybridized carbons (Fsp3) is 0.348. The summed E-state index contributed by atoms with van der Waals surface area (Å²) in [5.74, 6) is 0.954. The molecule has 0 spiro atoms. The predicted octanol–water partition coefficient (Wildman–Crippen LogP) is 1.75. The zero-order valence-electron chi connectivity index (χ0n) is 16.6. The van der Waals surface area contributed by atoms with E-state index >= 15 is 0 Å². The van der Waals surface area contributed by atoms with Gasteiger partial charge in [0.25, 0.3) is 5.56 Å². The van der Waals surface area contributed by atoms with Gasteiger partial charge in [0.1, 0.15) is 6.54 Å². The highest BCUT2D eigenvalue weighted by Gasteiger charge is 2.23. The van der Waals surface area contributed by atoms with Gasteiger partial charge in [-0.1, -0.05) is 30.3 Å². The Morgan fingerprint density at radius 2 is 1.93 bits per heavy atom. The second-order valence-electron chi connectivity index (χ2n) is 7.80. The molecule has 2 aromatic carbocycles. The summed E-state index contributed by atoms with van der Waals surface area (Å²) < 4.78 is 4.76. The third-order valence-corrected chi connectivity index (χ3v) is 5.77. The largest absolute Gasteiger partial charge is 0.465 e. The van der Waals surface area contributed by atoms with Crippen molar-refractivity contribution in [1.82, 2.24) is 9.97 Å². The van der Waals surface area contributed by atoms with Crippen LogP contribution in [0.5, 0.6) is 0 Å². The number of carbonyl (C=O) groups excluding carboxylic acids is 1. The van der Waals surface area contributed by atoms with Crippen molar-refractivity contribution in [1.29, 1.82) is 0 Å². The topological polar surface area (TPSA) is 76.5 Å². The van der Waals surface area contributed by atoms with Crippen LogP contribution in [-0.4, -0.2) is 36.1 Å². The van der Waals surface area contributed by atoms with Crippen molar-refractivity contribution in [3.05, 3.63) is 75.8 Å². The fourth-order valence-corrected chi connectivity index (χ4v) is 4.17. The van der Waals surface area contributed by atoms with E-state index in [4.69, 9.17) is 4.74 Å². The van der Waals surface area contributed by atoms with E-state index in [-0.39, 0.29) is 5.56 Å². The highest BCUT2D eigenvalue weighted by atomic mass is 16.5. The minimum Gasteiger partial charge on any atom is -0.465 e. The number of piperidine rings is 1. The number of hydrogen-bond acceptors (Lipinski definition) is 4. The molecule has 1 fully saturated rings. The number of aromatic nitrogens is 2. The van der Waals surface area contributed by atoms with Gasteiger partial charge in [-0.3, -0.25) is 4.79 Å². The molecule has 6 nitrogen and oxygen atoms in total. The Hall–Kier alpha value is -2.99. The molecule has 0 radical (unpaired) electrons. The Morgan fingerprint density at radius 3 is 2.66 bits per heavy atom. The van der Waals surface area contributed by atoms with Gasteiger partial charge in [-0.15, -0.1) is 0 Å². The normalized spacial score (nSPS) is 19.2. The molecular formula is C23H26N3O3+. The number of nitrogens with zero attached hydrogens (tertiary/aromatic N) is 1. The minimum absolute atomic E-state index is 0.167. The van der Waals surface area contributed by atoms with Crippen LogP contribution in [0.1, 0.15) is 34.6 Å². The van der Waals surface area contributed by atoms with Crippen molar-refractivity contribution >= 4 is 16.9 Å². The van der Waals surface area contributed by atoms with Crippen LogP contribution < -0.4 is 10.5 Å². The number of benzene rings is 2. The van der Waals surface area contributed by atoms with Crippen LogP contribution in [0, 0.1) is 5.92 Å². The number of carbonyl (C=O) groups is 1. The summed E-state index contributed by atoms with van der Waals surface area (Å²) in [6.45, 7) is 2.83. The molecule has 1 aliphatic rings. The van der Waals surface area contributed by atoms with E-state index in [9.17, 15) is 9.59 Å². The number of aromatic amines is 1. The third-order valence-electron chi connectivity index (χ3n) is 5.77. The van der Waals surface area contributed by atoms with Gasteiger partial charge >= 0.3 is 5.97 Å². The first-order valence-electron chi connectivity index (χ1n) is 10.1. The molecule has 4 rings (SSSR count). The lowest BCUT2D eigenvalue weighted by molar-refractivity contribution is -0.920. The number of likely N-dealkylation sites (tertiary alicyclic amines) is 1. The van der Waals surface area contributed by atoms with Gasteiger partial charge in [-0.25, -0.2) is 9.78 Å². The summed E-state index contributed by atoms with van der Waals surface area (Å²) in [5, 5.41) is 0.484. The molecule has 3 aromatic rings. The zero-order valence-corrected chi connectivity index (χ0v) is 16.6. The van der Waals surface area contributed by atoms with Gasteiger partial charge in [0.2, 0.25) is 0 Å². The monoisotopic (exact) mass is 392 g/mol. The van der Waals surface area contributed by atoms with Crippen molar-refractivity contribution in [2.75, 3.05) is 20.2 Å². The van der Waals surface area contributed by atoms with Crippen LogP contribution in [0.4, 0.5) is 0 Å². The highest BCUT2D eigenvalue weighted by molar-refractivity contribution is 5.93. The molecule has 1 aromatic heterocycles. The summed E-state index contributed by atoms with van der Waals surface area (Å²) >= 11 is 0. The van der Waals surface area contributed by atoms with Crippen molar-refractivity contribution in [3.63, 3.8) is 0 Å². The Morgan fingerprint density at radius 1 is 1.17 bits per heavy atom. The molecule has 0 aliphatic carbocycles. The van der Waals surface area contributed by atoms with Crippen molar-refractivity contribution in [2.24, 2.45) is 5.92 Å². The molecular weight excluding hydrogens is 366 g/mol. The zero-order chi connectivity index (χ0) is 20.2. The number of quaternary nitrogens is 1. The number of nitrogens with one attached hydrogen (secondary N) is 2. The quantitative estimate of drug-likeness (QED) is 0.649. The van der Waals surface area contributed by atoms with E-state index in [1.165, 1.54) is 30.4 Å². The smallest absolute Gasteiger partial charge is 0.337 e. The SMILES string of the molecule is COC(=O)c1ccc2c(=O)[nH]c(C[NH+]3CCC(Cc4ccccc4)CC3)nc2c1. The first kappa shape index (κ1) is 19.3. The van der Waals surface area contributed by atoms with Gasteiger partial charge in [0, 0.05) is 0 Å². The standard InChI is InChI=1S/C23H25N3O3/c1-29-23(28)18-7-8-19-20(14-18)24-21(25-22(19)27)15-26-11-9-17(10-12-26)13-16-5-3-2-4-6-16/h2-8,14,17H,9-13,15H2,1H3,(H,24,25,27)/p+1. The molecule has 29 heavy (non-hydrogen) atoms. The number of H-pyrrole nitrogens is 1. The Bertz CT molecular complexity index is 1050. The Balaban J connectivity index is 1.43. The van der Waals surface area contributed by atoms with Gasteiger partial charge in [0.05, 0.1) is 36.7 Å². The molecule has 1 aliphatic heterocycles. The molecule has 2 N–H and O–H groups in total. The molecule has 1 saturated heterocycles. The summed E-state index contributed by atoms with van der Waals surface area (Å²) in [6, 6.07) is 15.5. The van der Waals surface area contributed by atoms with Crippen LogP contribution in [-0.2, 0) is 17.7 Å². The van der Waals surface area contributed by atoms with E-state index in [2.05, 4.69) is 40.3 Å². The molecule has 2 heterocycles. The summed E-state index contributed by atoms with van der Waals surface area (Å²) in [7, 11) is 1.34. The second kappa shape index (κ2) is 8.57. The lowest BCUT2D eigenvalue weighted by Crippen LogP contribution is -3.11. The first-order valence-corrected chi connectivity index (χ1v) is 10.1. The first-order chi connectivity index (χ1) is 14.1. The van der Waals surface area contributed by atoms with Gasteiger partial charge in [-0.2, -0.15) is 0 Å².